The van der Waals surface area contributed by atoms with Crippen molar-refractivity contribution in [2.24, 2.45) is 10.7 Å². The number of carbonyl (C=O) groups is 2. The first-order chi connectivity index (χ1) is 14.0. The van der Waals surface area contributed by atoms with Gasteiger partial charge in [0.05, 0.1) is 24.8 Å². The van der Waals surface area contributed by atoms with Crippen LogP contribution in [0, 0.1) is 0 Å². The number of benzene rings is 2. The van der Waals surface area contributed by atoms with Crippen LogP contribution < -0.4 is 25.3 Å². The van der Waals surface area contributed by atoms with Crippen LogP contribution in [0.5, 0.6) is 17.2 Å². The van der Waals surface area contributed by atoms with Crippen LogP contribution in [-0.4, -0.2) is 37.8 Å². The minimum atomic E-state index is -0.580. The molecule has 1 aliphatic heterocycles. The first-order valence-electron chi connectivity index (χ1n) is 8.51. The van der Waals surface area contributed by atoms with E-state index in [1.807, 2.05) is 24.3 Å². The number of nitrogens with one attached hydrogen (secondary N) is 1. The fraction of sp³-hybridized carbons (Fsp3) is 0.150. The van der Waals surface area contributed by atoms with Gasteiger partial charge in [-0.3, -0.25) is 9.59 Å². The van der Waals surface area contributed by atoms with Gasteiger partial charge in [-0.2, -0.15) is 0 Å². The van der Waals surface area contributed by atoms with E-state index in [9.17, 15) is 9.59 Å². The van der Waals surface area contributed by atoms with Gasteiger partial charge in [-0.1, -0.05) is 12.1 Å². The predicted molar refractivity (Wildman–Crippen MR) is 112 cm³/mol. The Morgan fingerprint density at radius 3 is 2.72 bits per heavy atom. The van der Waals surface area contributed by atoms with Crippen molar-refractivity contribution in [2.45, 2.75) is 0 Å². The third kappa shape index (κ3) is 5.29. The normalized spacial score (nSPS) is 16.0. The molecule has 1 fully saturated rings. The molecule has 1 aliphatic rings. The highest BCUT2D eigenvalue weighted by molar-refractivity contribution is 8.18. The maximum Gasteiger partial charge on any atom is 0.289 e. The van der Waals surface area contributed by atoms with Crippen LogP contribution in [0.3, 0.4) is 0 Å². The molecule has 0 radical (unpaired) electrons. The highest BCUT2D eigenvalue weighted by Gasteiger charge is 2.23. The monoisotopic (exact) mass is 413 g/mol. The van der Waals surface area contributed by atoms with Gasteiger partial charge in [-0.05, 0) is 47.7 Å². The van der Waals surface area contributed by atoms with Crippen molar-refractivity contribution in [1.29, 1.82) is 0 Å². The number of thioether (sulfide) groups is 1. The molecule has 3 N–H and O–H groups in total. The Hall–Kier alpha value is -3.46. The Bertz CT molecular complexity index is 1000. The molecule has 0 unspecified atom stereocenters. The van der Waals surface area contributed by atoms with Gasteiger partial charge in [0.2, 0.25) is 0 Å². The first kappa shape index (κ1) is 20.3. The first-order valence-corrected chi connectivity index (χ1v) is 9.33. The zero-order valence-electron chi connectivity index (χ0n) is 15.8. The number of aliphatic imine (C=N–C) groups is 1. The molecule has 1 heterocycles. The number of hydrogen-bond donors (Lipinski definition) is 2. The molecule has 150 valence electrons. The summed E-state index contributed by atoms with van der Waals surface area (Å²) in [6, 6.07) is 12.4. The number of ether oxygens (including phenoxy) is 3. The van der Waals surface area contributed by atoms with Gasteiger partial charge in [0.15, 0.2) is 18.1 Å². The molecule has 0 saturated carbocycles. The molecule has 0 aliphatic carbocycles. The Morgan fingerprint density at radius 2 is 2.00 bits per heavy atom. The number of nitrogens with two attached hydrogens (primary N) is 1. The number of rotatable bonds is 7. The third-order valence-electron chi connectivity index (χ3n) is 3.81. The smallest absolute Gasteiger partial charge is 0.289 e. The van der Waals surface area contributed by atoms with E-state index in [4.69, 9.17) is 19.9 Å². The van der Waals surface area contributed by atoms with Crippen LogP contribution in [0.4, 0.5) is 10.5 Å². The van der Waals surface area contributed by atoms with Crippen molar-refractivity contribution in [2.75, 3.05) is 20.8 Å². The minimum Gasteiger partial charge on any atom is -0.497 e. The van der Waals surface area contributed by atoms with Gasteiger partial charge in [0.25, 0.3) is 11.1 Å². The zero-order chi connectivity index (χ0) is 20.8. The van der Waals surface area contributed by atoms with Gasteiger partial charge >= 0.3 is 0 Å². The number of nitrogens with zero attached hydrogens (tertiary/aromatic N) is 1. The van der Waals surface area contributed by atoms with E-state index in [0.29, 0.717) is 33.7 Å². The number of amides is 2. The molecular formula is C20H19N3O5S. The van der Waals surface area contributed by atoms with Crippen LogP contribution >= 0.6 is 11.8 Å². The van der Waals surface area contributed by atoms with Crippen LogP contribution in [0.2, 0.25) is 0 Å². The molecular weight excluding hydrogens is 394 g/mol. The lowest BCUT2D eigenvalue weighted by molar-refractivity contribution is -0.119. The van der Waals surface area contributed by atoms with E-state index in [-0.39, 0.29) is 11.8 Å². The molecule has 2 aromatic rings. The lowest BCUT2D eigenvalue weighted by Gasteiger charge is -2.10. The summed E-state index contributed by atoms with van der Waals surface area (Å²) >= 11 is 1.05. The average Bonchev–Trinajstić information content (AvgIpc) is 3.05. The van der Waals surface area contributed by atoms with Gasteiger partial charge < -0.3 is 25.3 Å². The molecule has 0 aromatic heterocycles. The number of primary amides is 1. The summed E-state index contributed by atoms with van der Waals surface area (Å²) in [5, 5.41) is 2.52. The molecule has 3 rings (SSSR count). The second-order valence-corrected chi connectivity index (χ2v) is 6.87. The lowest BCUT2D eigenvalue weighted by atomic mass is 10.2. The predicted octanol–water partition coefficient (Wildman–Crippen LogP) is 3.10. The number of methoxy groups -OCH3 is 2. The van der Waals surface area contributed by atoms with Crippen molar-refractivity contribution in [3.05, 3.63) is 52.9 Å². The second-order valence-electron chi connectivity index (χ2n) is 5.85. The Labute approximate surface area is 171 Å². The summed E-state index contributed by atoms with van der Waals surface area (Å²) in [6.45, 7) is -0.248. The number of amidine groups is 1. The molecule has 0 spiro atoms. The summed E-state index contributed by atoms with van der Waals surface area (Å²) < 4.78 is 15.8. The molecule has 2 amide bonds. The Kier molecular flexibility index (Phi) is 6.40. The molecule has 8 nitrogen and oxygen atoms in total. The van der Waals surface area contributed by atoms with Crippen LogP contribution in [0.1, 0.15) is 5.56 Å². The van der Waals surface area contributed by atoms with Crippen molar-refractivity contribution >= 4 is 40.5 Å². The molecule has 0 atom stereocenters. The van der Waals surface area contributed by atoms with E-state index >= 15 is 0 Å². The third-order valence-corrected chi connectivity index (χ3v) is 4.62. The quantitative estimate of drug-likeness (QED) is 0.721. The fourth-order valence-corrected chi connectivity index (χ4v) is 3.25. The van der Waals surface area contributed by atoms with Gasteiger partial charge in [0.1, 0.15) is 11.6 Å². The highest BCUT2D eigenvalue weighted by atomic mass is 32.2. The Balaban J connectivity index is 1.89. The largest absolute Gasteiger partial charge is 0.497 e. The standard InChI is InChI=1S/C20H19N3O5S/c1-26-14-5-3-4-13(10-14)22-19-17(29-20(25)23-19)9-12-6-7-15(16(8-12)27-2)28-11-18(21)24/h3-10H,11H2,1-2H3,(H2,21,24)(H,22,23,25)/b17-9+. The van der Waals surface area contributed by atoms with E-state index in [1.165, 1.54) is 7.11 Å². The summed E-state index contributed by atoms with van der Waals surface area (Å²) in [6.07, 6.45) is 1.81. The van der Waals surface area contributed by atoms with E-state index in [1.54, 1.807) is 31.4 Å². The molecule has 2 aromatic carbocycles. The number of hydrogen-bond acceptors (Lipinski definition) is 7. The number of carbonyl (C=O) groups excluding carboxylic acids is 2. The van der Waals surface area contributed by atoms with E-state index < -0.39 is 5.91 Å². The van der Waals surface area contributed by atoms with Crippen LogP contribution in [0.15, 0.2) is 52.4 Å². The van der Waals surface area contributed by atoms with Crippen molar-refractivity contribution < 1.29 is 23.8 Å². The summed E-state index contributed by atoms with van der Waals surface area (Å²) in [7, 11) is 3.07. The van der Waals surface area contributed by atoms with Crippen LogP contribution in [-0.2, 0) is 4.79 Å². The maximum absolute atomic E-state index is 11.9. The molecule has 9 heteroatoms. The van der Waals surface area contributed by atoms with Crippen LogP contribution in [0.25, 0.3) is 6.08 Å². The topological polar surface area (TPSA) is 112 Å². The fourth-order valence-electron chi connectivity index (χ4n) is 2.52. The molecule has 1 saturated heterocycles. The zero-order valence-corrected chi connectivity index (χ0v) is 16.6. The van der Waals surface area contributed by atoms with Crippen molar-refractivity contribution in [3.8, 4) is 17.2 Å². The second kappa shape index (κ2) is 9.16. The molecule has 29 heavy (non-hydrogen) atoms. The average molecular weight is 413 g/mol. The lowest BCUT2D eigenvalue weighted by Crippen LogP contribution is -2.20. The highest BCUT2D eigenvalue weighted by Crippen LogP contribution is 2.32. The van der Waals surface area contributed by atoms with Crippen molar-refractivity contribution in [1.82, 2.24) is 5.32 Å². The SMILES string of the molecule is COc1cccc(N=C2NC(=O)S/C2=C/c2ccc(OCC(N)=O)c(OC)c2)c1. The maximum atomic E-state index is 11.9. The van der Waals surface area contributed by atoms with Crippen molar-refractivity contribution in [3.63, 3.8) is 0 Å². The molecule has 0 bridgehead atoms. The Morgan fingerprint density at radius 1 is 1.17 bits per heavy atom. The van der Waals surface area contributed by atoms with Gasteiger partial charge in [-0.25, -0.2) is 4.99 Å². The van der Waals surface area contributed by atoms with Gasteiger partial charge in [-0.15, -0.1) is 0 Å². The van der Waals surface area contributed by atoms with E-state index in [0.717, 1.165) is 17.3 Å². The summed E-state index contributed by atoms with van der Waals surface area (Å²) in [5.41, 5.74) is 6.53. The summed E-state index contributed by atoms with van der Waals surface area (Å²) in [4.78, 5) is 28.0. The minimum absolute atomic E-state index is 0.216. The summed E-state index contributed by atoms with van der Waals surface area (Å²) in [5.74, 6) is 1.37. The van der Waals surface area contributed by atoms with Gasteiger partial charge in [0, 0.05) is 6.07 Å². The van der Waals surface area contributed by atoms with E-state index in [2.05, 4.69) is 10.3 Å².